The molecular formula is C18H21NO2. The maximum absolute atomic E-state index is 12.3. The molecule has 3 heteroatoms. The minimum Gasteiger partial charge on any atom is -0.459 e. The fraction of sp³-hybridized carbons (Fsp3) is 0.389. The van der Waals surface area contributed by atoms with Gasteiger partial charge in [-0.15, -0.1) is 0 Å². The van der Waals surface area contributed by atoms with Gasteiger partial charge in [0.25, 0.3) is 5.91 Å². The third-order valence-electron chi connectivity index (χ3n) is 4.22. The van der Waals surface area contributed by atoms with Crippen LogP contribution in [0.2, 0.25) is 0 Å². The number of benzene rings is 1. The highest BCUT2D eigenvalue weighted by molar-refractivity contribution is 5.91. The average Bonchev–Trinajstić information content (AvgIpc) is 3.08. The third kappa shape index (κ3) is 3.54. The van der Waals surface area contributed by atoms with Gasteiger partial charge in [-0.3, -0.25) is 4.79 Å². The molecule has 0 aliphatic carbocycles. The van der Waals surface area contributed by atoms with Gasteiger partial charge in [0.05, 0.1) is 6.26 Å². The van der Waals surface area contributed by atoms with E-state index in [1.807, 2.05) is 11.0 Å². The summed E-state index contributed by atoms with van der Waals surface area (Å²) >= 11 is 0. The molecule has 1 aliphatic heterocycles. The SMILES string of the molecule is O=C(c1ccco1)N1CCC[C@@H](CCc2ccccc2)C1. The first kappa shape index (κ1) is 13.9. The van der Waals surface area contributed by atoms with Crippen LogP contribution >= 0.6 is 0 Å². The second-order valence-corrected chi connectivity index (χ2v) is 5.76. The van der Waals surface area contributed by atoms with E-state index in [1.165, 1.54) is 12.0 Å². The lowest BCUT2D eigenvalue weighted by Gasteiger charge is -2.32. The first-order valence-corrected chi connectivity index (χ1v) is 7.69. The normalized spacial score (nSPS) is 18.7. The zero-order valence-corrected chi connectivity index (χ0v) is 12.2. The molecule has 0 unspecified atom stereocenters. The van der Waals surface area contributed by atoms with Crippen molar-refractivity contribution < 1.29 is 9.21 Å². The molecule has 3 nitrogen and oxygen atoms in total. The number of amides is 1. The van der Waals surface area contributed by atoms with Gasteiger partial charge in [0.2, 0.25) is 0 Å². The van der Waals surface area contributed by atoms with E-state index < -0.39 is 0 Å². The molecule has 0 bridgehead atoms. The molecule has 21 heavy (non-hydrogen) atoms. The number of carbonyl (C=O) groups is 1. The summed E-state index contributed by atoms with van der Waals surface area (Å²) < 4.78 is 5.22. The fourth-order valence-corrected chi connectivity index (χ4v) is 3.06. The lowest BCUT2D eigenvalue weighted by atomic mass is 9.91. The standard InChI is InChI=1S/C18H21NO2/c20-18(17-9-5-13-21-17)19-12-4-8-16(14-19)11-10-15-6-2-1-3-7-15/h1-3,5-7,9,13,16H,4,8,10-12,14H2/t16-/m0/s1. The van der Waals surface area contributed by atoms with Crippen molar-refractivity contribution in [3.05, 3.63) is 60.1 Å². The molecule has 0 N–H and O–H groups in total. The average molecular weight is 283 g/mol. The van der Waals surface area contributed by atoms with E-state index in [1.54, 1.807) is 18.4 Å². The summed E-state index contributed by atoms with van der Waals surface area (Å²) in [6.45, 7) is 1.70. The van der Waals surface area contributed by atoms with Gasteiger partial charge in [-0.2, -0.15) is 0 Å². The molecule has 2 heterocycles. The van der Waals surface area contributed by atoms with Crippen LogP contribution in [0.1, 0.15) is 35.4 Å². The highest BCUT2D eigenvalue weighted by Gasteiger charge is 2.25. The lowest BCUT2D eigenvalue weighted by molar-refractivity contribution is 0.0636. The number of nitrogens with zero attached hydrogens (tertiary/aromatic N) is 1. The quantitative estimate of drug-likeness (QED) is 0.856. The maximum Gasteiger partial charge on any atom is 0.289 e. The molecule has 0 saturated carbocycles. The van der Waals surface area contributed by atoms with E-state index in [-0.39, 0.29) is 5.91 Å². The van der Waals surface area contributed by atoms with E-state index in [9.17, 15) is 4.79 Å². The Morgan fingerprint density at radius 3 is 2.81 bits per heavy atom. The third-order valence-corrected chi connectivity index (χ3v) is 4.22. The first-order chi connectivity index (χ1) is 10.3. The van der Waals surface area contributed by atoms with Crippen LogP contribution in [0.3, 0.4) is 0 Å². The molecule has 110 valence electrons. The lowest BCUT2D eigenvalue weighted by Crippen LogP contribution is -2.39. The second-order valence-electron chi connectivity index (χ2n) is 5.76. The zero-order chi connectivity index (χ0) is 14.5. The van der Waals surface area contributed by atoms with Crippen LogP contribution in [-0.4, -0.2) is 23.9 Å². The van der Waals surface area contributed by atoms with Crippen LogP contribution in [0.25, 0.3) is 0 Å². The van der Waals surface area contributed by atoms with Gasteiger partial charge in [0.15, 0.2) is 5.76 Å². The van der Waals surface area contributed by atoms with E-state index >= 15 is 0 Å². The molecule has 1 atom stereocenters. The number of hydrogen-bond donors (Lipinski definition) is 0. The predicted molar refractivity (Wildman–Crippen MR) is 82.1 cm³/mol. The molecule has 1 saturated heterocycles. The van der Waals surface area contributed by atoms with Gasteiger partial charge in [-0.25, -0.2) is 0 Å². The number of aryl methyl sites for hydroxylation is 1. The number of likely N-dealkylation sites (tertiary alicyclic amines) is 1. The van der Waals surface area contributed by atoms with Crippen molar-refractivity contribution in [3.8, 4) is 0 Å². The van der Waals surface area contributed by atoms with E-state index in [0.717, 1.165) is 32.4 Å². The Morgan fingerprint density at radius 2 is 2.05 bits per heavy atom. The maximum atomic E-state index is 12.3. The van der Waals surface area contributed by atoms with Gasteiger partial charge in [0.1, 0.15) is 0 Å². The smallest absolute Gasteiger partial charge is 0.289 e. The zero-order valence-electron chi connectivity index (χ0n) is 12.2. The van der Waals surface area contributed by atoms with Crippen molar-refractivity contribution in [3.63, 3.8) is 0 Å². The molecule has 3 rings (SSSR count). The topological polar surface area (TPSA) is 33.5 Å². The highest BCUT2D eigenvalue weighted by Crippen LogP contribution is 2.23. The number of carbonyl (C=O) groups excluding carboxylic acids is 1. The Kier molecular flexibility index (Phi) is 4.39. The first-order valence-electron chi connectivity index (χ1n) is 7.69. The van der Waals surface area contributed by atoms with Gasteiger partial charge in [-0.1, -0.05) is 30.3 Å². The molecule has 0 spiro atoms. The molecule has 1 amide bonds. The monoisotopic (exact) mass is 283 g/mol. The molecule has 1 fully saturated rings. The van der Waals surface area contributed by atoms with Crippen molar-refractivity contribution in [2.24, 2.45) is 5.92 Å². The van der Waals surface area contributed by atoms with Crippen LogP contribution in [-0.2, 0) is 6.42 Å². The Labute approximate surface area is 125 Å². The summed E-state index contributed by atoms with van der Waals surface area (Å²) in [5, 5.41) is 0. The van der Waals surface area contributed by atoms with Crippen LogP contribution in [0.15, 0.2) is 53.1 Å². The summed E-state index contributed by atoms with van der Waals surface area (Å²) in [5.74, 6) is 1.08. The fourth-order valence-electron chi connectivity index (χ4n) is 3.06. The van der Waals surface area contributed by atoms with E-state index in [2.05, 4.69) is 24.3 Å². The molecular weight excluding hydrogens is 262 g/mol. The van der Waals surface area contributed by atoms with Crippen LogP contribution in [0, 0.1) is 5.92 Å². The van der Waals surface area contributed by atoms with Crippen molar-refractivity contribution in [1.82, 2.24) is 4.90 Å². The predicted octanol–water partition coefficient (Wildman–Crippen LogP) is 3.76. The largest absolute Gasteiger partial charge is 0.459 e. The van der Waals surface area contributed by atoms with Crippen molar-refractivity contribution >= 4 is 5.91 Å². The van der Waals surface area contributed by atoms with Crippen molar-refractivity contribution in [2.45, 2.75) is 25.7 Å². The number of hydrogen-bond acceptors (Lipinski definition) is 2. The van der Waals surface area contributed by atoms with Gasteiger partial charge in [-0.05, 0) is 49.3 Å². The summed E-state index contributed by atoms with van der Waals surface area (Å²) in [6, 6.07) is 14.1. The van der Waals surface area contributed by atoms with Gasteiger partial charge >= 0.3 is 0 Å². The summed E-state index contributed by atoms with van der Waals surface area (Å²) in [7, 11) is 0. The molecule has 0 radical (unpaired) electrons. The molecule has 2 aromatic rings. The Hall–Kier alpha value is -2.03. The van der Waals surface area contributed by atoms with Crippen molar-refractivity contribution in [2.75, 3.05) is 13.1 Å². The van der Waals surface area contributed by atoms with E-state index in [0.29, 0.717) is 11.7 Å². The van der Waals surface area contributed by atoms with E-state index in [4.69, 9.17) is 4.42 Å². The highest BCUT2D eigenvalue weighted by atomic mass is 16.3. The Balaban J connectivity index is 1.55. The van der Waals surface area contributed by atoms with Crippen molar-refractivity contribution in [1.29, 1.82) is 0 Å². The Bertz CT molecular complexity index is 562. The summed E-state index contributed by atoms with van der Waals surface area (Å²) in [4.78, 5) is 14.3. The molecule has 1 aromatic heterocycles. The molecule has 1 aromatic carbocycles. The number of piperidine rings is 1. The number of furan rings is 1. The number of rotatable bonds is 4. The van der Waals surface area contributed by atoms with Crippen LogP contribution in [0.4, 0.5) is 0 Å². The van der Waals surface area contributed by atoms with Crippen LogP contribution in [0.5, 0.6) is 0 Å². The minimum atomic E-state index is 0.0319. The summed E-state index contributed by atoms with van der Waals surface area (Å²) in [5.41, 5.74) is 1.38. The molecule has 1 aliphatic rings. The minimum absolute atomic E-state index is 0.0319. The second kappa shape index (κ2) is 6.61. The van der Waals surface area contributed by atoms with Gasteiger partial charge in [0, 0.05) is 13.1 Å². The van der Waals surface area contributed by atoms with Gasteiger partial charge < -0.3 is 9.32 Å². The van der Waals surface area contributed by atoms with Crippen LogP contribution < -0.4 is 0 Å². The Morgan fingerprint density at radius 1 is 1.19 bits per heavy atom. The summed E-state index contributed by atoms with van der Waals surface area (Å²) in [6.07, 6.45) is 6.10.